The quantitative estimate of drug-likeness (QED) is 0.712. The molecule has 2 aromatic carbocycles. The average molecular weight is 415 g/mol. The highest BCUT2D eigenvalue weighted by Crippen LogP contribution is 2.64. The first kappa shape index (κ1) is 18.0. The Hall–Kier alpha value is -2.04. The monoisotopic (exact) mass is 414 g/mol. The molecule has 2 amide bonds. The molecule has 2 fully saturated rings. The normalized spacial score (nSPS) is 30.3. The molecule has 1 aliphatic carbocycles. The third-order valence-electron chi connectivity index (χ3n) is 6.77. The highest BCUT2D eigenvalue weighted by Gasteiger charge is 2.69. The summed E-state index contributed by atoms with van der Waals surface area (Å²) in [4.78, 5) is 26.6. The number of para-hydroxylation sites is 1. The average Bonchev–Trinajstić information content (AvgIpc) is 3.34. The third kappa shape index (κ3) is 2.31. The molecule has 6 heteroatoms. The van der Waals surface area contributed by atoms with Gasteiger partial charge in [0.2, 0.25) is 11.8 Å². The minimum atomic E-state index is -0.942. The van der Waals surface area contributed by atoms with Gasteiger partial charge in [0, 0.05) is 34.8 Å². The fourth-order valence-corrected chi connectivity index (χ4v) is 5.91. The van der Waals surface area contributed by atoms with Gasteiger partial charge in [-0.3, -0.25) is 9.59 Å². The SMILES string of the molecule is CC1(C2N(Cl)C(=O)CC(c3cccc(Cl)c3)C23C(=O)Nc2ccccc23)CC1. The van der Waals surface area contributed by atoms with E-state index in [-0.39, 0.29) is 29.6 Å². The number of piperidine rings is 1. The molecular formula is C22H20Cl2N2O2. The number of amides is 2. The van der Waals surface area contributed by atoms with E-state index in [1.165, 1.54) is 4.42 Å². The number of hydrogen-bond donors (Lipinski definition) is 1. The van der Waals surface area contributed by atoms with Gasteiger partial charge < -0.3 is 5.32 Å². The zero-order valence-corrected chi connectivity index (χ0v) is 16.9. The minimum Gasteiger partial charge on any atom is -0.325 e. The highest BCUT2D eigenvalue weighted by molar-refractivity contribution is 6.30. The fourth-order valence-electron chi connectivity index (χ4n) is 5.25. The summed E-state index contributed by atoms with van der Waals surface area (Å²) >= 11 is 12.9. The minimum absolute atomic E-state index is 0.0880. The summed E-state index contributed by atoms with van der Waals surface area (Å²) in [6, 6.07) is 14.8. The van der Waals surface area contributed by atoms with Crippen molar-refractivity contribution >= 4 is 40.9 Å². The van der Waals surface area contributed by atoms with E-state index in [0.717, 1.165) is 29.7 Å². The van der Waals surface area contributed by atoms with Crippen LogP contribution in [-0.4, -0.2) is 22.3 Å². The van der Waals surface area contributed by atoms with Gasteiger partial charge in [-0.25, -0.2) is 4.42 Å². The van der Waals surface area contributed by atoms with E-state index in [4.69, 9.17) is 23.4 Å². The Morgan fingerprint density at radius 1 is 1.11 bits per heavy atom. The van der Waals surface area contributed by atoms with Gasteiger partial charge in [0.05, 0.1) is 6.04 Å². The number of rotatable bonds is 2. The molecule has 1 spiro atoms. The molecule has 1 saturated carbocycles. The number of carbonyl (C=O) groups excluding carboxylic acids is 2. The standard InChI is InChI=1S/C22H20Cl2N2O2/c1-21(9-10-21)19-22(15-7-2-3-8-17(15)25-20(22)28)16(12-18(27)26(19)24)13-5-4-6-14(23)11-13/h2-8,11,16,19H,9-10,12H2,1H3,(H,25,28). The zero-order chi connectivity index (χ0) is 19.7. The zero-order valence-electron chi connectivity index (χ0n) is 15.4. The first-order valence-electron chi connectivity index (χ1n) is 9.52. The maximum Gasteiger partial charge on any atom is 0.237 e. The van der Waals surface area contributed by atoms with Crippen LogP contribution in [0.1, 0.15) is 43.2 Å². The second kappa shape index (κ2) is 5.98. The molecule has 5 rings (SSSR count). The van der Waals surface area contributed by atoms with E-state index in [9.17, 15) is 9.59 Å². The number of halogens is 2. The van der Waals surface area contributed by atoms with Crippen LogP contribution in [0.5, 0.6) is 0 Å². The number of carbonyl (C=O) groups is 2. The molecule has 144 valence electrons. The fraction of sp³-hybridized carbons (Fsp3) is 0.364. The maximum atomic E-state index is 13.7. The van der Waals surface area contributed by atoms with Crippen molar-refractivity contribution in [1.82, 2.24) is 4.42 Å². The third-order valence-corrected chi connectivity index (χ3v) is 7.39. The van der Waals surface area contributed by atoms with Gasteiger partial charge in [0.1, 0.15) is 5.41 Å². The van der Waals surface area contributed by atoms with Crippen LogP contribution >= 0.6 is 23.4 Å². The van der Waals surface area contributed by atoms with Gasteiger partial charge in [0.15, 0.2) is 0 Å². The van der Waals surface area contributed by atoms with Gasteiger partial charge in [-0.2, -0.15) is 0 Å². The van der Waals surface area contributed by atoms with Crippen LogP contribution in [-0.2, 0) is 15.0 Å². The van der Waals surface area contributed by atoms with Crippen LogP contribution in [0.2, 0.25) is 5.02 Å². The van der Waals surface area contributed by atoms with Crippen molar-refractivity contribution in [2.24, 2.45) is 5.41 Å². The summed E-state index contributed by atoms with van der Waals surface area (Å²) in [5.41, 5.74) is 1.48. The number of benzene rings is 2. The number of hydrogen-bond acceptors (Lipinski definition) is 2. The lowest BCUT2D eigenvalue weighted by molar-refractivity contribution is -0.141. The van der Waals surface area contributed by atoms with Gasteiger partial charge >= 0.3 is 0 Å². The molecule has 2 aliphatic heterocycles. The molecule has 0 bridgehead atoms. The highest BCUT2D eigenvalue weighted by atomic mass is 35.5. The molecule has 0 aromatic heterocycles. The lowest BCUT2D eigenvalue weighted by Gasteiger charge is -2.51. The summed E-state index contributed by atoms with van der Waals surface area (Å²) in [6.07, 6.45) is 2.04. The Kier molecular flexibility index (Phi) is 3.85. The molecule has 3 aliphatic rings. The molecule has 2 aromatic rings. The van der Waals surface area contributed by atoms with Crippen LogP contribution in [0, 0.1) is 5.41 Å². The van der Waals surface area contributed by atoms with Crippen molar-refractivity contribution in [3.05, 3.63) is 64.7 Å². The van der Waals surface area contributed by atoms with E-state index in [1.807, 2.05) is 42.5 Å². The van der Waals surface area contributed by atoms with Gasteiger partial charge in [-0.05, 0) is 47.6 Å². The predicted molar refractivity (Wildman–Crippen MR) is 109 cm³/mol. The van der Waals surface area contributed by atoms with Crippen molar-refractivity contribution in [3.8, 4) is 0 Å². The second-order valence-electron chi connectivity index (χ2n) is 8.44. The van der Waals surface area contributed by atoms with Crippen LogP contribution < -0.4 is 5.32 Å². The summed E-state index contributed by atoms with van der Waals surface area (Å²) in [5.74, 6) is -0.567. The number of anilines is 1. The largest absolute Gasteiger partial charge is 0.325 e. The Balaban J connectivity index is 1.81. The van der Waals surface area contributed by atoms with Crippen LogP contribution in [0.25, 0.3) is 0 Å². The van der Waals surface area contributed by atoms with Crippen LogP contribution in [0.15, 0.2) is 48.5 Å². The molecule has 1 saturated heterocycles. The van der Waals surface area contributed by atoms with Crippen molar-refractivity contribution < 1.29 is 9.59 Å². The molecule has 4 nitrogen and oxygen atoms in total. The number of nitrogens with zero attached hydrogens (tertiary/aromatic N) is 1. The van der Waals surface area contributed by atoms with E-state index in [2.05, 4.69) is 12.2 Å². The molecule has 2 heterocycles. The van der Waals surface area contributed by atoms with E-state index >= 15 is 0 Å². The second-order valence-corrected chi connectivity index (χ2v) is 9.24. The maximum absolute atomic E-state index is 13.7. The lowest BCUT2D eigenvalue weighted by atomic mass is 9.57. The first-order valence-corrected chi connectivity index (χ1v) is 10.2. The van der Waals surface area contributed by atoms with Gasteiger partial charge in [-0.1, -0.05) is 48.9 Å². The van der Waals surface area contributed by atoms with Crippen LogP contribution in [0.3, 0.4) is 0 Å². The van der Waals surface area contributed by atoms with Crippen molar-refractivity contribution in [3.63, 3.8) is 0 Å². The molecule has 1 N–H and O–H groups in total. The Morgan fingerprint density at radius 3 is 2.57 bits per heavy atom. The first-order chi connectivity index (χ1) is 13.4. The number of nitrogens with one attached hydrogen (secondary N) is 1. The van der Waals surface area contributed by atoms with Crippen molar-refractivity contribution in [2.45, 2.75) is 43.6 Å². The Morgan fingerprint density at radius 2 is 1.86 bits per heavy atom. The number of fused-ring (bicyclic) bond motifs is 2. The van der Waals surface area contributed by atoms with Crippen molar-refractivity contribution in [2.75, 3.05) is 5.32 Å². The summed E-state index contributed by atoms with van der Waals surface area (Å²) in [7, 11) is 0. The van der Waals surface area contributed by atoms with E-state index < -0.39 is 11.5 Å². The van der Waals surface area contributed by atoms with Gasteiger partial charge in [-0.15, -0.1) is 0 Å². The molecular weight excluding hydrogens is 395 g/mol. The Labute approximate surface area is 173 Å². The molecule has 0 radical (unpaired) electrons. The topological polar surface area (TPSA) is 49.4 Å². The summed E-state index contributed by atoms with van der Waals surface area (Å²) in [5, 5.41) is 3.66. The summed E-state index contributed by atoms with van der Waals surface area (Å²) < 4.78 is 1.32. The smallest absolute Gasteiger partial charge is 0.237 e. The van der Waals surface area contributed by atoms with Crippen LogP contribution in [0.4, 0.5) is 5.69 Å². The Bertz CT molecular complexity index is 1000. The lowest BCUT2D eigenvalue weighted by Crippen LogP contribution is -2.63. The van der Waals surface area contributed by atoms with Crippen molar-refractivity contribution in [1.29, 1.82) is 0 Å². The predicted octanol–water partition coefficient (Wildman–Crippen LogP) is 4.87. The van der Waals surface area contributed by atoms with Gasteiger partial charge in [0.25, 0.3) is 0 Å². The molecule has 3 atom stereocenters. The van der Waals surface area contributed by atoms with E-state index in [1.54, 1.807) is 6.07 Å². The molecule has 3 unspecified atom stereocenters. The molecule has 28 heavy (non-hydrogen) atoms. The summed E-state index contributed by atoms with van der Waals surface area (Å²) in [6.45, 7) is 2.12. The van der Waals surface area contributed by atoms with E-state index in [0.29, 0.717) is 5.02 Å².